The molecule has 0 spiro atoms. The third-order valence-corrected chi connectivity index (χ3v) is 5.64. The zero-order valence-corrected chi connectivity index (χ0v) is 16.8. The van der Waals surface area contributed by atoms with Crippen LogP contribution in [0.3, 0.4) is 0 Å². The van der Waals surface area contributed by atoms with Gasteiger partial charge >= 0.3 is 0 Å². The molecule has 31 heavy (non-hydrogen) atoms. The highest BCUT2D eigenvalue weighted by Gasteiger charge is 2.16. The highest BCUT2D eigenvalue weighted by atomic mass is 15.0. The van der Waals surface area contributed by atoms with Crippen molar-refractivity contribution < 1.29 is 0 Å². The highest BCUT2D eigenvalue weighted by molar-refractivity contribution is 6.13. The molecule has 146 valence electrons. The van der Waals surface area contributed by atoms with E-state index < -0.39 is 0 Å². The van der Waals surface area contributed by atoms with Crippen molar-refractivity contribution >= 4 is 21.9 Å². The number of hydrogen-bond acceptors (Lipinski definition) is 2. The van der Waals surface area contributed by atoms with E-state index in [-0.39, 0.29) is 0 Å². The average molecular weight is 397 g/mol. The molecule has 2 heterocycles. The molecule has 0 atom stereocenters. The van der Waals surface area contributed by atoms with Crippen molar-refractivity contribution in [1.29, 1.82) is 0 Å². The van der Waals surface area contributed by atoms with Crippen LogP contribution in [0, 0.1) is 0 Å². The first-order valence-corrected chi connectivity index (χ1v) is 10.4. The smallest absolute Gasteiger partial charge is 0.162 e. The van der Waals surface area contributed by atoms with Gasteiger partial charge in [0.15, 0.2) is 5.82 Å². The molecule has 0 unspecified atom stereocenters. The number of fused-ring (bicyclic) bond motifs is 3. The Balaban J connectivity index is 1.67. The first-order valence-electron chi connectivity index (χ1n) is 10.4. The van der Waals surface area contributed by atoms with Gasteiger partial charge in [0.25, 0.3) is 0 Å². The predicted molar refractivity (Wildman–Crippen MR) is 128 cm³/mol. The second kappa shape index (κ2) is 7.22. The first kappa shape index (κ1) is 17.6. The molecule has 1 N–H and O–H groups in total. The Kier molecular flexibility index (Phi) is 4.10. The van der Waals surface area contributed by atoms with Crippen LogP contribution in [0.4, 0.5) is 0 Å². The summed E-state index contributed by atoms with van der Waals surface area (Å²) in [7, 11) is 0. The van der Waals surface area contributed by atoms with Crippen LogP contribution >= 0.6 is 0 Å². The van der Waals surface area contributed by atoms with Gasteiger partial charge in [0.1, 0.15) is 5.65 Å². The average Bonchev–Trinajstić information content (AvgIpc) is 3.23. The topological polar surface area (TPSA) is 41.6 Å². The lowest BCUT2D eigenvalue weighted by Gasteiger charge is -2.08. The van der Waals surface area contributed by atoms with E-state index in [0.29, 0.717) is 0 Å². The van der Waals surface area contributed by atoms with Crippen LogP contribution in [-0.4, -0.2) is 15.0 Å². The largest absolute Gasteiger partial charge is 0.339 e. The molecule has 0 radical (unpaired) electrons. The van der Waals surface area contributed by atoms with Gasteiger partial charge in [0.2, 0.25) is 0 Å². The van der Waals surface area contributed by atoms with E-state index in [1.54, 1.807) is 0 Å². The molecule has 2 aromatic heterocycles. The minimum atomic E-state index is 0.724. The molecular weight excluding hydrogens is 378 g/mol. The maximum absolute atomic E-state index is 5.04. The van der Waals surface area contributed by atoms with E-state index in [1.165, 1.54) is 11.1 Å². The second-order valence-corrected chi connectivity index (χ2v) is 7.60. The van der Waals surface area contributed by atoms with Crippen LogP contribution in [-0.2, 0) is 0 Å². The monoisotopic (exact) mass is 397 g/mol. The molecule has 3 nitrogen and oxygen atoms in total. The summed E-state index contributed by atoms with van der Waals surface area (Å²) >= 11 is 0. The van der Waals surface area contributed by atoms with E-state index in [0.717, 1.165) is 44.6 Å². The first-order chi connectivity index (χ1) is 15.4. The fraction of sp³-hybridized carbons (Fsp3) is 0. The number of benzene rings is 4. The molecule has 0 saturated heterocycles. The summed E-state index contributed by atoms with van der Waals surface area (Å²) < 4.78 is 0. The summed E-state index contributed by atoms with van der Waals surface area (Å²) in [5, 5.41) is 2.19. The Hall–Kier alpha value is -4.24. The van der Waals surface area contributed by atoms with Gasteiger partial charge in [-0.25, -0.2) is 9.97 Å². The fourth-order valence-electron chi connectivity index (χ4n) is 4.13. The number of nitrogens with one attached hydrogen (secondary N) is 1. The van der Waals surface area contributed by atoms with Crippen LogP contribution in [0.15, 0.2) is 109 Å². The van der Waals surface area contributed by atoms with Crippen LogP contribution in [0.25, 0.3) is 55.7 Å². The van der Waals surface area contributed by atoms with Crippen molar-refractivity contribution in [2.24, 2.45) is 0 Å². The number of nitrogens with zero attached hydrogens (tertiary/aromatic N) is 2. The van der Waals surface area contributed by atoms with Crippen LogP contribution in [0.5, 0.6) is 0 Å². The molecule has 0 aliphatic rings. The van der Waals surface area contributed by atoms with Gasteiger partial charge in [-0.3, -0.25) is 0 Å². The van der Waals surface area contributed by atoms with Gasteiger partial charge in [-0.15, -0.1) is 0 Å². The number of rotatable bonds is 3. The van der Waals surface area contributed by atoms with Crippen LogP contribution < -0.4 is 0 Å². The summed E-state index contributed by atoms with van der Waals surface area (Å²) in [6, 6.07) is 37.5. The summed E-state index contributed by atoms with van der Waals surface area (Å²) in [4.78, 5) is 13.5. The summed E-state index contributed by atoms with van der Waals surface area (Å²) in [5.74, 6) is 0.724. The summed E-state index contributed by atoms with van der Waals surface area (Å²) in [6.07, 6.45) is 0. The lowest BCUT2D eigenvalue weighted by atomic mass is 10.0. The molecule has 6 aromatic rings. The Morgan fingerprint density at radius 2 is 1.13 bits per heavy atom. The van der Waals surface area contributed by atoms with Crippen molar-refractivity contribution in [3.8, 4) is 33.8 Å². The van der Waals surface area contributed by atoms with Gasteiger partial charge in [0, 0.05) is 22.0 Å². The van der Waals surface area contributed by atoms with E-state index in [9.17, 15) is 0 Å². The Bertz CT molecular complexity index is 1500. The zero-order valence-electron chi connectivity index (χ0n) is 16.8. The number of H-pyrrole nitrogens is 1. The van der Waals surface area contributed by atoms with E-state index >= 15 is 0 Å². The lowest BCUT2D eigenvalue weighted by molar-refractivity contribution is 1.21. The van der Waals surface area contributed by atoms with Gasteiger partial charge in [-0.2, -0.15) is 0 Å². The molecule has 0 amide bonds. The maximum Gasteiger partial charge on any atom is 0.162 e. The standard InChI is InChI=1S/C28H19N3/c1-4-10-19(11-5-1)22-16-17-24-23(18-22)25-26(20-12-6-2-7-13-20)30-27(31-28(25)29-24)21-14-8-3-9-15-21/h1-18H,(H,29,30,31). The normalized spacial score (nSPS) is 11.2. The van der Waals surface area contributed by atoms with Crippen LogP contribution in [0.2, 0.25) is 0 Å². The van der Waals surface area contributed by atoms with Crippen molar-refractivity contribution in [2.75, 3.05) is 0 Å². The van der Waals surface area contributed by atoms with E-state index in [4.69, 9.17) is 9.97 Å². The molecule has 6 rings (SSSR count). The Morgan fingerprint density at radius 3 is 1.81 bits per heavy atom. The molecule has 4 aromatic carbocycles. The van der Waals surface area contributed by atoms with E-state index in [2.05, 4.69) is 71.7 Å². The van der Waals surface area contributed by atoms with Crippen molar-refractivity contribution in [3.05, 3.63) is 109 Å². The summed E-state index contributed by atoms with van der Waals surface area (Å²) in [5.41, 5.74) is 7.32. The molecule has 3 heteroatoms. The Morgan fingerprint density at radius 1 is 0.516 bits per heavy atom. The Labute approximate surface area is 180 Å². The molecular formula is C28H19N3. The minimum absolute atomic E-state index is 0.724. The van der Waals surface area contributed by atoms with Crippen molar-refractivity contribution in [3.63, 3.8) is 0 Å². The fourth-order valence-corrected chi connectivity index (χ4v) is 4.13. The van der Waals surface area contributed by atoms with Gasteiger partial charge in [-0.05, 0) is 23.3 Å². The van der Waals surface area contributed by atoms with Crippen molar-refractivity contribution in [1.82, 2.24) is 15.0 Å². The second-order valence-electron chi connectivity index (χ2n) is 7.60. The zero-order chi connectivity index (χ0) is 20.6. The molecule has 0 aliphatic carbocycles. The van der Waals surface area contributed by atoms with Crippen LogP contribution in [0.1, 0.15) is 0 Å². The number of aromatic amines is 1. The van der Waals surface area contributed by atoms with E-state index in [1.807, 2.05) is 42.5 Å². The summed E-state index contributed by atoms with van der Waals surface area (Å²) in [6.45, 7) is 0. The predicted octanol–water partition coefficient (Wildman–Crippen LogP) is 7.11. The number of aromatic nitrogens is 3. The molecule has 0 fully saturated rings. The third kappa shape index (κ3) is 3.08. The van der Waals surface area contributed by atoms with Gasteiger partial charge in [0.05, 0.1) is 11.1 Å². The maximum atomic E-state index is 5.04. The third-order valence-electron chi connectivity index (χ3n) is 5.64. The van der Waals surface area contributed by atoms with Gasteiger partial charge < -0.3 is 4.98 Å². The highest BCUT2D eigenvalue weighted by Crippen LogP contribution is 2.36. The minimum Gasteiger partial charge on any atom is -0.339 e. The quantitative estimate of drug-likeness (QED) is 0.346. The number of hydrogen-bond donors (Lipinski definition) is 1. The SMILES string of the molecule is c1ccc(-c2ccc3[nH]c4nc(-c5ccccc5)nc(-c5ccccc5)c4c3c2)cc1. The van der Waals surface area contributed by atoms with Crippen molar-refractivity contribution in [2.45, 2.75) is 0 Å². The molecule has 0 saturated carbocycles. The lowest BCUT2D eigenvalue weighted by Crippen LogP contribution is -1.94. The van der Waals surface area contributed by atoms with Gasteiger partial charge in [-0.1, -0.05) is 97.1 Å². The molecule has 0 aliphatic heterocycles. The molecule has 0 bridgehead atoms.